The van der Waals surface area contributed by atoms with Gasteiger partial charge in [0.2, 0.25) is 0 Å². The number of benzene rings is 7. The van der Waals surface area contributed by atoms with E-state index in [2.05, 4.69) is 5.32 Å². The maximum atomic E-state index is 15.2. The molecule has 7 aromatic carbocycles. The predicted octanol–water partition coefficient (Wildman–Crippen LogP) is 12.4. The molecule has 542 valence electrons. The van der Waals surface area contributed by atoms with Crippen LogP contribution in [0.3, 0.4) is 0 Å². The fourth-order valence-corrected chi connectivity index (χ4v) is 12.1. The third-order valence-electron chi connectivity index (χ3n) is 16.4. The van der Waals surface area contributed by atoms with E-state index < -0.39 is 157 Å². The second-order valence-corrected chi connectivity index (χ2v) is 28.4. The first-order valence-electron chi connectivity index (χ1n) is 31.6. The number of carbonyl (C=O) groups excluding carboxylic acids is 7. The van der Waals surface area contributed by atoms with Crippen molar-refractivity contribution in [3.63, 3.8) is 0 Å². The lowest BCUT2D eigenvalue weighted by molar-refractivity contribution is -0.392. The maximum Gasteiger partial charge on any atom is 0.338 e. The highest BCUT2D eigenvalue weighted by atomic mass is 35.6. The minimum Gasteiger partial charge on any atom is -0.459 e. The summed E-state index contributed by atoms with van der Waals surface area (Å²) in [6, 6.07) is 41.7. The van der Waals surface area contributed by atoms with Gasteiger partial charge < -0.3 is 76.7 Å². The standard InChI is InChI=1S/C72H61Cl8NO22/c1-71(2)93-36-51-54(103-71)53(82)52(81-70(89)72(78,79)80)67(94-51)102-58-55(97-63(85)38-11-7-4-8-12-38)49(34-90-61(83)39-13-23-44(73)24-14-39)96-69(60(58)100-66(88)43-21-31-48(77)32-22-43)101-56-50(35-91-62(84)40-15-25-45(74)26-16-40)95-68(92-33-37-9-5-3-6-10-37)59(99-65(87)42-19-29-47(76)30-20-42)57(56)98-64(86)41-17-27-46(75)28-18-41/h3-32,49-60,67-69,82H,33-36H2,1-2H3,(H,81,89)/t49-,50-,51-,52-,53-,54-,55+,56-,57+,58+,59-,60-,67+,68-,69+/m1/s1. The first kappa shape index (κ1) is 76.9. The Kier molecular flexibility index (Phi) is 25.7. The molecule has 1 amide bonds. The van der Waals surface area contributed by atoms with Gasteiger partial charge >= 0.3 is 35.8 Å². The highest BCUT2D eigenvalue weighted by Gasteiger charge is 2.61. The number of rotatable bonds is 22. The Balaban J connectivity index is 1.11. The van der Waals surface area contributed by atoms with E-state index >= 15 is 9.59 Å². The molecule has 4 saturated heterocycles. The predicted molar refractivity (Wildman–Crippen MR) is 371 cm³/mol. The van der Waals surface area contributed by atoms with Crippen LogP contribution in [-0.4, -0.2) is 168 Å². The Bertz CT molecular complexity index is 4110. The van der Waals surface area contributed by atoms with E-state index in [9.17, 15) is 29.1 Å². The van der Waals surface area contributed by atoms with Crippen molar-refractivity contribution in [1.29, 1.82) is 0 Å². The van der Waals surface area contributed by atoms with Gasteiger partial charge in [0.15, 0.2) is 49.1 Å². The van der Waals surface area contributed by atoms with E-state index in [0.717, 1.165) is 0 Å². The van der Waals surface area contributed by atoms with Gasteiger partial charge in [-0.1, -0.05) is 141 Å². The number of ether oxygens (including phenoxy) is 14. The quantitative estimate of drug-likeness (QED) is 0.0362. The van der Waals surface area contributed by atoms with Crippen molar-refractivity contribution in [2.75, 3.05) is 19.8 Å². The summed E-state index contributed by atoms with van der Waals surface area (Å²) in [5, 5.41) is 16.2. The summed E-state index contributed by atoms with van der Waals surface area (Å²) in [6.07, 6.45) is -26.8. The van der Waals surface area contributed by atoms with Crippen molar-refractivity contribution in [3.8, 4) is 0 Å². The summed E-state index contributed by atoms with van der Waals surface area (Å²) < 4.78 is 88.3. The van der Waals surface area contributed by atoms with E-state index in [-0.39, 0.29) is 71.7 Å². The number of esters is 6. The van der Waals surface area contributed by atoms with Gasteiger partial charge in [-0.25, -0.2) is 28.8 Å². The van der Waals surface area contributed by atoms with E-state index in [1.54, 1.807) is 50.2 Å². The molecule has 11 rings (SSSR count). The van der Waals surface area contributed by atoms with Crippen molar-refractivity contribution >= 4 is 135 Å². The van der Waals surface area contributed by atoms with Crippen LogP contribution in [-0.2, 0) is 77.7 Å². The molecule has 4 fully saturated rings. The second kappa shape index (κ2) is 34.4. The zero-order chi connectivity index (χ0) is 73.3. The van der Waals surface area contributed by atoms with Gasteiger partial charge in [0.25, 0.3) is 9.70 Å². The summed E-state index contributed by atoms with van der Waals surface area (Å²) in [4.78, 5) is 102. The molecular formula is C72H61Cl8NO22. The molecule has 0 aromatic heterocycles. The molecule has 15 atom stereocenters. The minimum atomic E-state index is -2.72. The van der Waals surface area contributed by atoms with Gasteiger partial charge in [-0.15, -0.1) is 0 Å². The lowest BCUT2D eigenvalue weighted by atomic mass is 9.93. The van der Waals surface area contributed by atoms with Crippen LogP contribution in [0.25, 0.3) is 0 Å². The second-order valence-electron chi connectivity index (χ2n) is 24.0. The molecule has 0 aliphatic carbocycles. The molecule has 4 heterocycles. The fourth-order valence-electron chi connectivity index (χ4n) is 11.3. The molecular weight excluding hydrogens is 1510 g/mol. The normalized spacial score (nSPS) is 25.9. The largest absolute Gasteiger partial charge is 0.459 e. The van der Waals surface area contributed by atoms with Crippen molar-refractivity contribution in [3.05, 3.63) is 246 Å². The SMILES string of the molecule is CC1(C)OC[C@H]2O[C@@H](O[C@H]3[C@@H](OC(=O)c4ccccc4)[C@@H](COC(=O)c4ccc(Cl)cc4)O[C@@H](O[C@H]4[C@H](OC(=O)c5ccc(Cl)cc5)[C@@H](OC(=O)c5ccc(Cl)cc5)[C@H](OCc5ccccc5)O[C@@H]4COC(=O)c4ccc(Cl)cc4)[C@@H]3OC(=O)c3ccc(Cl)cc3)[C@H](NC(=O)C(Cl)(Cl)Cl)[C@@H](O)[C@@H]2O1. The third-order valence-corrected chi connectivity index (χ3v) is 18.2. The number of amides is 1. The van der Waals surface area contributed by atoms with Crippen LogP contribution in [0.1, 0.15) is 81.6 Å². The number of nitrogens with one attached hydrogen (secondary N) is 1. The Morgan fingerprint density at radius 2 is 0.835 bits per heavy atom. The first-order chi connectivity index (χ1) is 49.2. The molecule has 0 bridgehead atoms. The molecule has 0 saturated carbocycles. The first-order valence-corrected chi connectivity index (χ1v) is 34.6. The van der Waals surface area contributed by atoms with Crippen LogP contribution in [0.4, 0.5) is 0 Å². The molecule has 4 aliphatic rings. The number of fused-ring (bicyclic) bond motifs is 1. The van der Waals surface area contributed by atoms with Crippen molar-refractivity contribution < 1.29 is 105 Å². The minimum absolute atomic E-state index is 0.00772. The third kappa shape index (κ3) is 19.8. The molecule has 0 unspecified atom stereocenters. The van der Waals surface area contributed by atoms with Gasteiger partial charge in [-0.3, -0.25) is 4.79 Å². The number of aliphatic hydroxyl groups excluding tert-OH is 1. The Morgan fingerprint density at radius 3 is 1.29 bits per heavy atom. The molecule has 0 radical (unpaired) electrons. The molecule has 31 heteroatoms. The monoisotopic (exact) mass is 1570 g/mol. The van der Waals surface area contributed by atoms with Gasteiger partial charge in [-0.05, 0) is 153 Å². The Labute approximate surface area is 628 Å². The molecule has 103 heavy (non-hydrogen) atoms. The van der Waals surface area contributed by atoms with Crippen LogP contribution in [0.15, 0.2) is 182 Å². The average Bonchev–Trinajstić information content (AvgIpc) is 0.758. The number of hydrogen-bond acceptors (Lipinski definition) is 22. The number of aliphatic hydroxyl groups is 1. The Hall–Kier alpha value is -7.21. The van der Waals surface area contributed by atoms with Crippen LogP contribution < -0.4 is 5.32 Å². The number of hydrogen-bond donors (Lipinski definition) is 2. The number of carbonyl (C=O) groups is 7. The molecule has 0 spiro atoms. The highest BCUT2D eigenvalue weighted by molar-refractivity contribution is 6.76. The lowest BCUT2D eigenvalue weighted by Gasteiger charge is -2.52. The van der Waals surface area contributed by atoms with Crippen molar-refractivity contribution in [2.24, 2.45) is 0 Å². The lowest BCUT2D eigenvalue weighted by Crippen LogP contribution is -2.71. The fraction of sp³-hybridized carbons (Fsp3) is 0.319. The average molecular weight is 1580 g/mol. The highest BCUT2D eigenvalue weighted by Crippen LogP contribution is 2.41. The smallest absolute Gasteiger partial charge is 0.338 e. The maximum absolute atomic E-state index is 15.2. The Morgan fingerprint density at radius 1 is 0.456 bits per heavy atom. The zero-order valence-electron chi connectivity index (χ0n) is 53.9. The summed E-state index contributed by atoms with van der Waals surface area (Å²) in [5.74, 6) is -9.11. The molecule has 4 aliphatic heterocycles. The van der Waals surface area contributed by atoms with E-state index in [1.165, 1.54) is 146 Å². The van der Waals surface area contributed by atoms with Crippen molar-refractivity contribution in [2.45, 2.75) is 122 Å². The topological polar surface area (TPSA) is 281 Å². The number of halogens is 8. The molecule has 23 nitrogen and oxygen atoms in total. The van der Waals surface area contributed by atoms with Crippen LogP contribution in [0.5, 0.6) is 0 Å². The van der Waals surface area contributed by atoms with E-state index in [4.69, 9.17) is 159 Å². The molecule has 7 aromatic rings. The molecule has 2 N–H and O–H groups in total. The summed E-state index contributed by atoms with van der Waals surface area (Å²) in [7, 11) is 0. The van der Waals surface area contributed by atoms with E-state index in [0.29, 0.717) is 5.56 Å². The summed E-state index contributed by atoms with van der Waals surface area (Å²) in [6.45, 7) is 0.758. The summed E-state index contributed by atoms with van der Waals surface area (Å²) >= 11 is 50.0. The van der Waals surface area contributed by atoms with E-state index in [1.807, 2.05) is 0 Å². The van der Waals surface area contributed by atoms with Crippen LogP contribution >= 0.6 is 92.8 Å². The van der Waals surface area contributed by atoms with Crippen molar-refractivity contribution in [1.82, 2.24) is 5.32 Å². The van der Waals surface area contributed by atoms with Gasteiger partial charge in [0.1, 0.15) is 62.0 Å². The van der Waals surface area contributed by atoms with Gasteiger partial charge in [0.05, 0.1) is 46.6 Å². The van der Waals surface area contributed by atoms with Crippen LogP contribution in [0.2, 0.25) is 25.1 Å². The van der Waals surface area contributed by atoms with Crippen LogP contribution in [0, 0.1) is 0 Å². The number of alkyl halides is 3. The van der Waals surface area contributed by atoms with Gasteiger partial charge in [-0.2, -0.15) is 0 Å². The summed E-state index contributed by atoms with van der Waals surface area (Å²) in [5.41, 5.74) is 0.0510. The zero-order valence-corrected chi connectivity index (χ0v) is 59.9. The van der Waals surface area contributed by atoms with Gasteiger partial charge in [0, 0.05) is 25.1 Å².